The van der Waals surface area contributed by atoms with Crippen molar-refractivity contribution >= 4 is 5.82 Å². The van der Waals surface area contributed by atoms with Crippen molar-refractivity contribution < 1.29 is 0 Å². The van der Waals surface area contributed by atoms with Crippen molar-refractivity contribution in [3.63, 3.8) is 0 Å². The summed E-state index contributed by atoms with van der Waals surface area (Å²) in [5.74, 6) is 1.81. The van der Waals surface area contributed by atoms with Crippen LogP contribution in [0.1, 0.15) is 11.5 Å². The minimum absolute atomic E-state index is 0.720. The molecular formula is C9H13N5. The molecule has 0 spiro atoms. The normalized spacial score (nSPS) is 10.4. The Hall–Kier alpha value is -1.78. The second-order valence-electron chi connectivity index (χ2n) is 3.22. The van der Waals surface area contributed by atoms with Crippen LogP contribution in [0.3, 0.4) is 0 Å². The Labute approximate surface area is 82.2 Å². The first kappa shape index (κ1) is 8.80. The lowest BCUT2D eigenvalue weighted by atomic mass is 10.4. The first-order valence-electron chi connectivity index (χ1n) is 4.48. The molecule has 2 heterocycles. The number of nitrogens with one attached hydrogen (secondary N) is 2. The second kappa shape index (κ2) is 3.53. The van der Waals surface area contributed by atoms with Crippen molar-refractivity contribution in [1.82, 2.24) is 19.7 Å². The van der Waals surface area contributed by atoms with Crippen molar-refractivity contribution in [2.24, 2.45) is 7.05 Å². The van der Waals surface area contributed by atoms with Gasteiger partial charge in [0.15, 0.2) is 0 Å². The number of aromatic amines is 1. The van der Waals surface area contributed by atoms with Crippen LogP contribution in [-0.4, -0.2) is 19.7 Å². The summed E-state index contributed by atoms with van der Waals surface area (Å²) in [4.78, 5) is 7.26. The number of nitrogens with zero attached hydrogens (tertiary/aromatic N) is 3. The Morgan fingerprint density at radius 1 is 1.57 bits per heavy atom. The largest absolute Gasteiger partial charge is 0.363 e. The monoisotopic (exact) mass is 191 g/mol. The fourth-order valence-electron chi connectivity index (χ4n) is 1.26. The maximum Gasteiger partial charge on any atom is 0.148 e. The van der Waals surface area contributed by atoms with Crippen LogP contribution in [0.2, 0.25) is 0 Å². The number of hydrogen-bond donors (Lipinski definition) is 2. The third kappa shape index (κ3) is 1.93. The van der Waals surface area contributed by atoms with E-state index in [9.17, 15) is 0 Å². The standard InChI is InChI=1S/C9H13N5/c1-7-10-5-8(12-7)6-11-9-3-4-14(2)13-9/h3-5H,6H2,1-2H3,(H,10,12)(H,11,13). The van der Waals surface area contributed by atoms with Gasteiger partial charge < -0.3 is 10.3 Å². The third-order valence-electron chi connectivity index (χ3n) is 1.93. The number of imidazole rings is 1. The van der Waals surface area contributed by atoms with Crippen LogP contribution in [0.15, 0.2) is 18.5 Å². The van der Waals surface area contributed by atoms with Crippen LogP contribution < -0.4 is 5.32 Å². The van der Waals surface area contributed by atoms with E-state index < -0.39 is 0 Å². The number of H-pyrrole nitrogens is 1. The van der Waals surface area contributed by atoms with E-state index in [1.807, 2.05) is 32.4 Å². The highest BCUT2D eigenvalue weighted by atomic mass is 15.3. The molecule has 5 nitrogen and oxygen atoms in total. The van der Waals surface area contributed by atoms with Crippen LogP contribution in [0.4, 0.5) is 5.82 Å². The minimum atomic E-state index is 0.720. The Balaban J connectivity index is 1.94. The Morgan fingerprint density at radius 2 is 2.43 bits per heavy atom. The van der Waals surface area contributed by atoms with Gasteiger partial charge in [-0.3, -0.25) is 4.68 Å². The van der Waals surface area contributed by atoms with E-state index in [4.69, 9.17) is 0 Å². The first-order chi connectivity index (χ1) is 6.74. The first-order valence-corrected chi connectivity index (χ1v) is 4.48. The molecule has 2 aromatic rings. The SMILES string of the molecule is Cc1ncc(CNc2ccn(C)n2)[nH]1. The second-order valence-corrected chi connectivity index (χ2v) is 3.22. The molecule has 2 N–H and O–H groups in total. The van der Waals surface area contributed by atoms with Crippen LogP contribution in [0, 0.1) is 6.92 Å². The summed E-state index contributed by atoms with van der Waals surface area (Å²) >= 11 is 0. The predicted octanol–water partition coefficient (Wildman–Crippen LogP) is 1.06. The average Bonchev–Trinajstić information content (AvgIpc) is 2.72. The Morgan fingerprint density at radius 3 is 3.00 bits per heavy atom. The van der Waals surface area contributed by atoms with E-state index >= 15 is 0 Å². The molecule has 2 aromatic heterocycles. The van der Waals surface area contributed by atoms with Crippen molar-refractivity contribution in [1.29, 1.82) is 0 Å². The molecule has 0 aromatic carbocycles. The van der Waals surface area contributed by atoms with Gasteiger partial charge in [-0.15, -0.1) is 0 Å². The van der Waals surface area contributed by atoms with Gasteiger partial charge in [-0.2, -0.15) is 5.10 Å². The molecule has 14 heavy (non-hydrogen) atoms. The molecule has 2 rings (SSSR count). The summed E-state index contributed by atoms with van der Waals surface area (Å²) in [7, 11) is 1.89. The predicted molar refractivity (Wildman–Crippen MR) is 53.9 cm³/mol. The van der Waals surface area contributed by atoms with Gasteiger partial charge >= 0.3 is 0 Å². The molecule has 0 radical (unpaired) electrons. The summed E-state index contributed by atoms with van der Waals surface area (Å²) in [6, 6.07) is 1.93. The van der Waals surface area contributed by atoms with E-state index in [-0.39, 0.29) is 0 Å². The van der Waals surface area contributed by atoms with Crippen LogP contribution in [0.25, 0.3) is 0 Å². The lowest BCUT2D eigenvalue weighted by Crippen LogP contribution is -2.01. The number of aromatic nitrogens is 4. The smallest absolute Gasteiger partial charge is 0.148 e. The molecule has 0 aliphatic carbocycles. The zero-order chi connectivity index (χ0) is 9.97. The Kier molecular flexibility index (Phi) is 2.22. The van der Waals surface area contributed by atoms with Crippen molar-refractivity contribution in [3.8, 4) is 0 Å². The van der Waals surface area contributed by atoms with Gasteiger partial charge in [0.05, 0.1) is 18.4 Å². The topological polar surface area (TPSA) is 58.5 Å². The Bertz CT molecular complexity index is 374. The van der Waals surface area contributed by atoms with Crippen molar-refractivity contribution in [2.45, 2.75) is 13.5 Å². The van der Waals surface area contributed by atoms with Gasteiger partial charge in [0.1, 0.15) is 11.6 Å². The van der Waals surface area contributed by atoms with Crippen molar-refractivity contribution in [3.05, 3.63) is 30.0 Å². The molecule has 0 atom stereocenters. The fraction of sp³-hybridized carbons (Fsp3) is 0.333. The molecule has 0 unspecified atom stereocenters. The van der Waals surface area contributed by atoms with E-state index in [0.29, 0.717) is 0 Å². The van der Waals surface area contributed by atoms with Gasteiger partial charge in [-0.1, -0.05) is 0 Å². The van der Waals surface area contributed by atoms with E-state index in [1.54, 1.807) is 4.68 Å². The van der Waals surface area contributed by atoms with Crippen LogP contribution >= 0.6 is 0 Å². The fourth-order valence-corrected chi connectivity index (χ4v) is 1.26. The van der Waals surface area contributed by atoms with E-state index in [2.05, 4.69) is 20.4 Å². The number of aryl methyl sites for hydroxylation is 2. The van der Waals surface area contributed by atoms with Gasteiger partial charge in [-0.25, -0.2) is 4.98 Å². The molecule has 0 amide bonds. The molecular weight excluding hydrogens is 178 g/mol. The van der Waals surface area contributed by atoms with Crippen molar-refractivity contribution in [2.75, 3.05) is 5.32 Å². The maximum atomic E-state index is 4.20. The van der Waals surface area contributed by atoms with Gasteiger partial charge in [0.25, 0.3) is 0 Å². The summed E-state index contributed by atoms with van der Waals surface area (Å²) in [5.41, 5.74) is 1.06. The molecule has 0 aliphatic heterocycles. The molecule has 0 saturated heterocycles. The van der Waals surface area contributed by atoms with Crippen LogP contribution in [-0.2, 0) is 13.6 Å². The third-order valence-corrected chi connectivity index (χ3v) is 1.93. The molecule has 5 heteroatoms. The molecule has 0 bridgehead atoms. The van der Waals surface area contributed by atoms with Crippen LogP contribution in [0.5, 0.6) is 0 Å². The highest BCUT2D eigenvalue weighted by molar-refractivity contribution is 5.32. The summed E-state index contributed by atoms with van der Waals surface area (Å²) in [5, 5.41) is 7.40. The zero-order valence-electron chi connectivity index (χ0n) is 8.28. The maximum absolute atomic E-state index is 4.20. The van der Waals surface area contributed by atoms with E-state index in [0.717, 1.165) is 23.9 Å². The summed E-state index contributed by atoms with van der Waals surface area (Å²) in [6.07, 6.45) is 3.73. The number of rotatable bonds is 3. The zero-order valence-corrected chi connectivity index (χ0v) is 8.28. The number of hydrogen-bond acceptors (Lipinski definition) is 3. The summed E-state index contributed by atoms with van der Waals surface area (Å²) < 4.78 is 1.76. The molecule has 0 fully saturated rings. The minimum Gasteiger partial charge on any atom is -0.363 e. The van der Waals surface area contributed by atoms with Gasteiger partial charge in [0.2, 0.25) is 0 Å². The highest BCUT2D eigenvalue weighted by Gasteiger charge is 1.98. The highest BCUT2D eigenvalue weighted by Crippen LogP contribution is 2.03. The van der Waals surface area contributed by atoms with Gasteiger partial charge in [0, 0.05) is 19.3 Å². The molecule has 74 valence electrons. The quantitative estimate of drug-likeness (QED) is 0.762. The molecule has 0 saturated carbocycles. The summed E-state index contributed by atoms with van der Waals surface area (Å²) in [6.45, 7) is 2.65. The van der Waals surface area contributed by atoms with Gasteiger partial charge in [-0.05, 0) is 6.92 Å². The number of anilines is 1. The molecule has 0 aliphatic rings. The average molecular weight is 191 g/mol. The lowest BCUT2D eigenvalue weighted by molar-refractivity contribution is 0.768. The van der Waals surface area contributed by atoms with E-state index in [1.165, 1.54) is 0 Å². The lowest BCUT2D eigenvalue weighted by Gasteiger charge is -1.99.